The van der Waals surface area contributed by atoms with E-state index in [1.807, 2.05) is 30.3 Å². The minimum absolute atomic E-state index is 0.0406. The number of allylic oxidation sites excluding steroid dienone is 1. The lowest BCUT2D eigenvalue weighted by Gasteiger charge is -2.23. The fourth-order valence-electron chi connectivity index (χ4n) is 3.67. The van der Waals surface area contributed by atoms with Gasteiger partial charge in [0, 0.05) is 0 Å². The molecule has 4 rings (SSSR count). The van der Waals surface area contributed by atoms with E-state index >= 15 is 0 Å². The van der Waals surface area contributed by atoms with Crippen LogP contribution in [-0.4, -0.2) is 25.8 Å². The largest absolute Gasteiger partial charge is 0.478 e. The average Bonchev–Trinajstić information content (AvgIpc) is 3.36. The van der Waals surface area contributed by atoms with Crippen molar-refractivity contribution in [1.82, 2.24) is 14.8 Å². The summed E-state index contributed by atoms with van der Waals surface area (Å²) in [6.07, 6.45) is -0.0146. The number of hydrogen-bond donors (Lipinski definition) is 1. The Bertz CT molecular complexity index is 1370. The normalized spacial score (nSPS) is 13.0. The summed E-state index contributed by atoms with van der Waals surface area (Å²) >= 11 is 12.9. The van der Waals surface area contributed by atoms with Crippen LogP contribution < -0.4 is 0 Å². The van der Waals surface area contributed by atoms with Crippen molar-refractivity contribution < 1.29 is 23.1 Å². The van der Waals surface area contributed by atoms with Gasteiger partial charge in [0.2, 0.25) is 0 Å². The Morgan fingerprint density at radius 2 is 1.66 bits per heavy atom. The number of benzene rings is 3. The van der Waals surface area contributed by atoms with Crippen LogP contribution in [0.2, 0.25) is 10.0 Å². The molecule has 1 heterocycles. The van der Waals surface area contributed by atoms with Crippen LogP contribution in [0.15, 0.2) is 79.4 Å². The maximum Gasteiger partial charge on any atom is 0.416 e. The summed E-state index contributed by atoms with van der Waals surface area (Å²) < 4.78 is 40.6. The van der Waals surface area contributed by atoms with Crippen LogP contribution in [0.1, 0.15) is 38.5 Å². The van der Waals surface area contributed by atoms with Crippen molar-refractivity contribution in [2.45, 2.75) is 12.1 Å². The van der Waals surface area contributed by atoms with Gasteiger partial charge in [-0.25, -0.2) is 14.5 Å². The summed E-state index contributed by atoms with van der Waals surface area (Å²) in [6.45, 7) is 0. The molecule has 178 valence electrons. The number of carbonyl (C=O) groups is 1. The molecule has 0 spiro atoms. The highest BCUT2D eigenvalue weighted by molar-refractivity contribution is 6.44. The van der Waals surface area contributed by atoms with E-state index in [4.69, 9.17) is 23.2 Å². The Hall–Kier alpha value is -3.62. The Balaban J connectivity index is 1.94. The molecule has 0 radical (unpaired) electrons. The molecule has 0 bridgehead atoms. The van der Waals surface area contributed by atoms with E-state index in [1.165, 1.54) is 35.5 Å². The molecule has 3 aromatic carbocycles. The third-order valence-corrected chi connectivity index (χ3v) is 6.21. The van der Waals surface area contributed by atoms with Gasteiger partial charge in [0.1, 0.15) is 12.7 Å². The molecule has 4 aromatic rings. The fraction of sp³-hybridized carbons (Fsp3) is 0.0800. The number of carboxylic acids is 1. The average molecular weight is 518 g/mol. The van der Waals surface area contributed by atoms with Gasteiger partial charge in [0.15, 0.2) is 0 Å². The van der Waals surface area contributed by atoms with Crippen molar-refractivity contribution >= 4 is 40.9 Å². The molecule has 0 saturated carbocycles. The summed E-state index contributed by atoms with van der Waals surface area (Å²) in [5.74, 6) is -1.84. The summed E-state index contributed by atoms with van der Waals surface area (Å²) in [6, 6.07) is 16.8. The zero-order valence-corrected chi connectivity index (χ0v) is 19.3. The maximum absolute atomic E-state index is 13.0. The van der Waals surface area contributed by atoms with Gasteiger partial charge in [-0.3, -0.25) is 0 Å². The SMILES string of the molecule is O=C(O)c1ccc(C(/C(=C\c2ccc(C(F)(F)F)cc2)n2cncn2)c2ccccc2)c(Cl)c1Cl. The highest BCUT2D eigenvalue weighted by Gasteiger charge is 2.30. The van der Waals surface area contributed by atoms with Crippen LogP contribution in [-0.2, 0) is 6.18 Å². The zero-order chi connectivity index (χ0) is 25.2. The van der Waals surface area contributed by atoms with E-state index in [9.17, 15) is 23.1 Å². The fourth-order valence-corrected chi connectivity index (χ4v) is 4.20. The van der Waals surface area contributed by atoms with Gasteiger partial charge in [0.05, 0.1) is 32.8 Å². The quantitative estimate of drug-likeness (QED) is 0.295. The molecule has 0 saturated heterocycles. The lowest BCUT2D eigenvalue weighted by atomic mass is 9.87. The molecular weight excluding hydrogens is 502 g/mol. The minimum atomic E-state index is -4.46. The first kappa shape index (κ1) is 24.5. The van der Waals surface area contributed by atoms with E-state index in [0.717, 1.165) is 17.7 Å². The number of aromatic carboxylic acids is 1. The molecule has 0 amide bonds. The maximum atomic E-state index is 13.0. The molecule has 1 atom stereocenters. The van der Waals surface area contributed by atoms with E-state index in [2.05, 4.69) is 10.1 Å². The predicted molar refractivity (Wildman–Crippen MR) is 127 cm³/mol. The topological polar surface area (TPSA) is 68.0 Å². The van der Waals surface area contributed by atoms with Crippen LogP contribution in [0, 0.1) is 0 Å². The second-order valence-electron chi connectivity index (χ2n) is 7.51. The third kappa shape index (κ3) is 5.23. The van der Waals surface area contributed by atoms with E-state index < -0.39 is 23.6 Å². The molecule has 1 N–H and O–H groups in total. The van der Waals surface area contributed by atoms with Crippen molar-refractivity contribution in [2.75, 3.05) is 0 Å². The number of hydrogen-bond acceptors (Lipinski definition) is 3. The highest BCUT2D eigenvalue weighted by atomic mass is 35.5. The first-order valence-corrected chi connectivity index (χ1v) is 10.9. The van der Waals surface area contributed by atoms with Gasteiger partial charge in [0.25, 0.3) is 0 Å². The second-order valence-corrected chi connectivity index (χ2v) is 8.26. The third-order valence-electron chi connectivity index (χ3n) is 5.32. The van der Waals surface area contributed by atoms with Gasteiger partial charge < -0.3 is 5.11 Å². The second kappa shape index (κ2) is 9.93. The van der Waals surface area contributed by atoms with Crippen molar-refractivity contribution in [1.29, 1.82) is 0 Å². The van der Waals surface area contributed by atoms with Gasteiger partial charge in [-0.1, -0.05) is 71.7 Å². The number of aromatic nitrogens is 3. The highest BCUT2D eigenvalue weighted by Crippen LogP contribution is 2.42. The predicted octanol–water partition coefficient (Wildman–Crippen LogP) is 7.13. The van der Waals surface area contributed by atoms with Gasteiger partial charge >= 0.3 is 12.1 Å². The smallest absolute Gasteiger partial charge is 0.416 e. The van der Waals surface area contributed by atoms with Crippen LogP contribution >= 0.6 is 23.2 Å². The number of halogens is 5. The van der Waals surface area contributed by atoms with Crippen molar-refractivity contribution in [3.63, 3.8) is 0 Å². The summed E-state index contributed by atoms with van der Waals surface area (Å²) in [5.41, 5.74) is 1.32. The molecule has 0 aliphatic rings. The molecular formula is C25H16Cl2F3N3O2. The minimum Gasteiger partial charge on any atom is -0.478 e. The molecule has 5 nitrogen and oxygen atoms in total. The molecule has 0 aliphatic heterocycles. The standard InChI is InChI=1S/C25H16Cl2F3N3O2/c26-22-18(10-11-19(23(22)27)24(34)35)21(16-4-2-1-3-5-16)20(33-14-31-13-32-33)12-15-6-8-17(9-7-15)25(28,29)30/h1-14,21H,(H,34,35)/b20-12+. The lowest BCUT2D eigenvalue weighted by Crippen LogP contribution is -2.12. The van der Waals surface area contributed by atoms with Crippen LogP contribution in [0.5, 0.6) is 0 Å². The Labute approximate surface area is 208 Å². The lowest BCUT2D eigenvalue weighted by molar-refractivity contribution is -0.137. The molecule has 10 heteroatoms. The summed E-state index contributed by atoms with van der Waals surface area (Å²) in [4.78, 5) is 15.5. The Morgan fingerprint density at radius 1 is 0.971 bits per heavy atom. The van der Waals surface area contributed by atoms with Crippen LogP contribution in [0.3, 0.4) is 0 Å². The molecule has 1 unspecified atom stereocenters. The zero-order valence-electron chi connectivity index (χ0n) is 17.7. The van der Waals surface area contributed by atoms with E-state index in [1.54, 1.807) is 12.1 Å². The summed E-state index contributed by atoms with van der Waals surface area (Å²) in [5, 5.41) is 13.6. The monoisotopic (exact) mass is 517 g/mol. The van der Waals surface area contributed by atoms with Gasteiger partial charge in [-0.05, 0) is 41.0 Å². The van der Waals surface area contributed by atoms with Crippen LogP contribution in [0.25, 0.3) is 11.8 Å². The van der Waals surface area contributed by atoms with E-state index in [0.29, 0.717) is 16.8 Å². The van der Waals surface area contributed by atoms with Gasteiger partial charge in [-0.15, -0.1) is 0 Å². The summed E-state index contributed by atoms with van der Waals surface area (Å²) in [7, 11) is 0. The Morgan fingerprint density at radius 3 is 2.23 bits per heavy atom. The first-order valence-electron chi connectivity index (χ1n) is 10.2. The molecule has 0 aliphatic carbocycles. The van der Waals surface area contributed by atoms with Crippen LogP contribution in [0.4, 0.5) is 13.2 Å². The van der Waals surface area contributed by atoms with Crippen molar-refractivity contribution in [3.05, 3.63) is 117 Å². The number of alkyl halides is 3. The van der Waals surface area contributed by atoms with E-state index in [-0.39, 0.29) is 15.6 Å². The number of carboxylic acid groups (broad SMARTS) is 1. The Kier molecular flexibility index (Phi) is 6.95. The van der Waals surface area contributed by atoms with Crippen molar-refractivity contribution in [2.24, 2.45) is 0 Å². The molecule has 35 heavy (non-hydrogen) atoms. The first-order chi connectivity index (χ1) is 16.7. The van der Waals surface area contributed by atoms with Crippen molar-refractivity contribution in [3.8, 4) is 0 Å². The number of nitrogens with zero attached hydrogens (tertiary/aromatic N) is 3. The molecule has 1 aromatic heterocycles. The van der Waals surface area contributed by atoms with Gasteiger partial charge in [-0.2, -0.15) is 18.3 Å². The molecule has 0 fully saturated rings. The number of rotatable bonds is 6.